The number of aryl methyl sites for hydroxylation is 1. The summed E-state index contributed by atoms with van der Waals surface area (Å²) in [7, 11) is 1.60. The van der Waals surface area contributed by atoms with Crippen molar-refractivity contribution in [2.24, 2.45) is 7.05 Å². The standard InChI is InChI=1S/C26H17ClF7N7O3/c1-12(44-23(43)26(32,33)34)22(42)36-15-7-8-17(28)18(9-15)37-21-16(13-3-5-14(6-4-13)25(29,30)31)10-35-24(39-21)38-19-11-41(2)40-20(19)27/h3-11H,1H2,2H3,(H,36,42)(H2,35,37,38,39). The zero-order valence-electron chi connectivity index (χ0n) is 21.9. The summed E-state index contributed by atoms with van der Waals surface area (Å²) in [6.45, 7) is 2.98. The number of ether oxygens (including phenoxy) is 1. The number of benzene rings is 2. The van der Waals surface area contributed by atoms with Gasteiger partial charge in [0.15, 0.2) is 10.9 Å². The molecule has 4 rings (SSSR count). The second kappa shape index (κ2) is 12.2. The molecule has 2 heterocycles. The molecule has 0 unspecified atom stereocenters. The zero-order chi connectivity index (χ0) is 32.4. The summed E-state index contributed by atoms with van der Waals surface area (Å²) < 4.78 is 96.8. The monoisotopic (exact) mass is 643 g/mol. The smallest absolute Gasteiger partial charge is 0.415 e. The number of hydrogen-bond donors (Lipinski definition) is 3. The molecule has 0 fully saturated rings. The molecule has 0 aliphatic heterocycles. The predicted octanol–water partition coefficient (Wildman–Crippen LogP) is 6.73. The maximum Gasteiger partial charge on any atom is 0.491 e. The van der Waals surface area contributed by atoms with E-state index in [1.165, 1.54) is 17.1 Å². The SMILES string of the molecule is C=C(OC(=O)C(F)(F)F)C(=O)Nc1ccc(F)c(Nc2nc(Nc3cn(C)nc3Cl)ncc2-c2ccc(C(F)(F)F)cc2)c1. The van der Waals surface area contributed by atoms with Gasteiger partial charge in [0, 0.05) is 30.7 Å². The van der Waals surface area contributed by atoms with Crippen molar-refractivity contribution >= 4 is 52.3 Å². The predicted molar refractivity (Wildman–Crippen MR) is 144 cm³/mol. The second-order valence-corrected chi connectivity index (χ2v) is 9.11. The lowest BCUT2D eigenvalue weighted by Crippen LogP contribution is -2.28. The Bertz CT molecular complexity index is 1740. The van der Waals surface area contributed by atoms with Crippen LogP contribution in [-0.2, 0) is 27.5 Å². The average molecular weight is 644 g/mol. The third kappa shape index (κ3) is 7.60. The van der Waals surface area contributed by atoms with Gasteiger partial charge in [0.1, 0.15) is 11.6 Å². The number of rotatable bonds is 8. The summed E-state index contributed by atoms with van der Waals surface area (Å²) in [5.41, 5.74) is -0.795. The molecule has 0 aliphatic rings. The Balaban J connectivity index is 1.66. The van der Waals surface area contributed by atoms with E-state index in [1.54, 1.807) is 7.05 Å². The van der Waals surface area contributed by atoms with Gasteiger partial charge >= 0.3 is 18.3 Å². The first kappa shape index (κ1) is 31.7. The molecular weight excluding hydrogens is 627 g/mol. The minimum atomic E-state index is -5.38. The minimum Gasteiger partial charge on any atom is -0.415 e. The fourth-order valence-electron chi connectivity index (χ4n) is 3.50. The molecule has 0 saturated heterocycles. The Morgan fingerprint density at radius 1 is 1.00 bits per heavy atom. The number of nitrogens with zero attached hydrogens (tertiary/aromatic N) is 4. The minimum absolute atomic E-state index is 0.0643. The van der Waals surface area contributed by atoms with Crippen LogP contribution in [0.25, 0.3) is 11.1 Å². The van der Waals surface area contributed by atoms with Crippen molar-refractivity contribution in [3.63, 3.8) is 0 Å². The summed E-state index contributed by atoms with van der Waals surface area (Å²) in [5, 5.41) is 11.6. The topological polar surface area (TPSA) is 123 Å². The van der Waals surface area contributed by atoms with E-state index in [2.05, 4.69) is 42.3 Å². The lowest BCUT2D eigenvalue weighted by molar-refractivity contribution is -0.195. The van der Waals surface area contributed by atoms with E-state index in [0.717, 1.165) is 42.5 Å². The Morgan fingerprint density at radius 3 is 2.27 bits per heavy atom. The summed E-state index contributed by atoms with van der Waals surface area (Å²) in [5.74, 6) is -6.29. The molecule has 10 nitrogen and oxygen atoms in total. The number of carbonyl (C=O) groups is 2. The van der Waals surface area contributed by atoms with E-state index in [4.69, 9.17) is 11.6 Å². The lowest BCUT2D eigenvalue weighted by atomic mass is 10.1. The lowest BCUT2D eigenvalue weighted by Gasteiger charge is -2.15. The Morgan fingerprint density at radius 2 is 1.68 bits per heavy atom. The highest BCUT2D eigenvalue weighted by Crippen LogP contribution is 2.35. The number of anilines is 5. The molecule has 18 heteroatoms. The van der Waals surface area contributed by atoms with Crippen molar-refractivity contribution in [3.05, 3.63) is 83.7 Å². The van der Waals surface area contributed by atoms with E-state index in [-0.39, 0.29) is 39.4 Å². The zero-order valence-corrected chi connectivity index (χ0v) is 22.7. The largest absolute Gasteiger partial charge is 0.491 e. The van der Waals surface area contributed by atoms with Crippen molar-refractivity contribution in [1.82, 2.24) is 19.7 Å². The van der Waals surface area contributed by atoms with Crippen LogP contribution in [0.1, 0.15) is 5.56 Å². The van der Waals surface area contributed by atoms with Crippen molar-refractivity contribution in [2.45, 2.75) is 12.4 Å². The second-order valence-electron chi connectivity index (χ2n) is 8.75. The molecule has 0 aliphatic carbocycles. The van der Waals surface area contributed by atoms with Gasteiger partial charge in [-0.3, -0.25) is 9.48 Å². The molecule has 0 spiro atoms. The number of esters is 1. The van der Waals surface area contributed by atoms with Crippen LogP contribution in [0.4, 0.5) is 59.6 Å². The van der Waals surface area contributed by atoms with Crippen LogP contribution in [0.15, 0.2) is 67.2 Å². The summed E-state index contributed by atoms with van der Waals surface area (Å²) in [4.78, 5) is 31.6. The van der Waals surface area contributed by atoms with Crippen LogP contribution in [0, 0.1) is 5.82 Å². The molecule has 1 amide bonds. The third-order valence-corrected chi connectivity index (χ3v) is 5.80. The number of amides is 1. The molecule has 2 aromatic heterocycles. The number of carbonyl (C=O) groups excluding carboxylic acids is 2. The molecule has 0 atom stereocenters. The quantitative estimate of drug-likeness (QED) is 0.0836. The average Bonchev–Trinajstić information content (AvgIpc) is 3.25. The van der Waals surface area contributed by atoms with E-state index in [1.807, 2.05) is 0 Å². The van der Waals surface area contributed by atoms with Crippen LogP contribution in [0.2, 0.25) is 5.15 Å². The highest BCUT2D eigenvalue weighted by Gasteiger charge is 2.42. The normalized spacial score (nSPS) is 11.6. The number of halogens is 8. The Kier molecular flexibility index (Phi) is 8.80. The van der Waals surface area contributed by atoms with Crippen LogP contribution in [0.3, 0.4) is 0 Å². The van der Waals surface area contributed by atoms with Gasteiger partial charge in [-0.05, 0) is 35.9 Å². The first-order valence-electron chi connectivity index (χ1n) is 11.9. The summed E-state index contributed by atoms with van der Waals surface area (Å²) in [6.07, 6.45) is -7.23. The van der Waals surface area contributed by atoms with Gasteiger partial charge < -0.3 is 20.7 Å². The third-order valence-electron chi connectivity index (χ3n) is 5.52. The van der Waals surface area contributed by atoms with E-state index >= 15 is 0 Å². The highest BCUT2D eigenvalue weighted by molar-refractivity contribution is 6.32. The van der Waals surface area contributed by atoms with Crippen LogP contribution < -0.4 is 16.0 Å². The van der Waals surface area contributed by atoms with Crippen LogP contribution >= 0.6 is 11.6 Å². The summed E-state index contributed by atoms with van der Waals surface area (Å²) in [6, 6.07) is 6.92. The molecular formula is C26H17ClF7N7O3. The van der Waals surface area contributed by atoms with Crippen molar-refractivity contribution < 1.29 is 45.1 Å². The van der Waals surface area contributed by atoms with E-state index in [0.29, 0.717) is 5.69 Å². The van der Waals surface area contributed by atoms with Crippen molar-refractivity contribution in [2.75, 3.05) is 16.0 Å². The van der Waals surface area contributed by atoms with Gasteiger partial charge in [-0.15, -0.1) is 0 Å². The van der Waals surface area contributed by atoms with Gasteiger partial charge in [0.05, 0.1) is 16.9 Å². The van der Waals surface area contributed by atoms with Crippen molar-refractivity contribution in [3.8, 4) is 11.1 Å². The first-order valence-corrected chi connectivity index (χ1v) is 12.3. The number of aromatic nitrogens is 4. The number of hydrogen-bond acceptors (Lipinski definition) is 8. The fourth-order valence-corrected chi connectivity index (χ4v) is 3.71. The van der Waals surface area contributed by atoms with Crippen LogP contribution in [-0.4, -0.2) is 37.8 Å². The Hall–Kier alpha value is -5.19. The first-order chi connectivity index (χ1) is 20.5. The molecule has 44 heavy (non-hydrogen) atoms. The number of nitrogens with one attached hydrogen (secondary N) is 3. The van der Waals surface area contributed by atoms with Gasteiger partial charge in [-0.2, -0.15) is 36.4 Å². The van der Waals surface area contributed by atoms with Gasteiger partial charge in [-0.25, -0.2) is 14.2 Å². The van der Waals surface area contributed by atoms with Crippen LogP contribution in [0.5, 0.6) is 0 Å². The van der Waals surface area contributed by atoms with Gasteiger partial charge in [0.2, 0.25) is 5.95 Å². The molecule has 0 saturated carbocycles. The molecule has 4 aromatic rings. The molecule has 3 N–H and O–H groups in total. The maximum atomic E-state index is 14.9. The highest BCUT2D eigenvalue weighted by atomic mass is 35.5. The fraction of sp³-hybridized carbons (Fsp3) is 0.115. The van der Waals surface area contributed by atoms with E-state index in [9.17, 15) is 40.3 Å². The molecule has 0 radical (unpaired) electrons. The van der Waals surface area contributed by atoms with Gasteiger partial charge in [0.25, 0.3) is 5.91 Å². The van der Waals surface area contributed by atoms with Crippen molar-refractivity contribution in [1.29, 1.82) is 0 Å². The molecule has 230 valence electrons. The maximum absolute atomic E-state index is 14.9. The molecule has 2 aromatic carbocycles. The van der Waals surface area contributed by atoms with Gasteiger partial charge in [-0.1, -0.05) is 30.3 Å². The van der Waals surface area contributed by atoms with E-state index < -0.39 is 41.4 Å². The number of alkyl halides is 6. The summed E-state index contributed by atoms with van der Waals surface area (Å²) >= 11 is 6.06. The Labute approximate surface area is 247 Å². The molecule has 0 bridgehead atoms.